The zero-order valence-electron chi connectivity index (χ0n) is 11.4. The number of nitrogens with two attached hydrogens (primary N) is 1. The number of rotatable bonds is 5. The van der Waals surface area contributed by atoms with Gasteiger partial charge in [-0.3, -0.25) is 0 Å². The molecule has 0 radical (unpaired) electrons. The van der Waals surface area contributed by atoms with E-state index in [0.717, 1.165) is 29.0 Å². The van der Waals surface area contributed by atoms with Crippen molar-refractivity contribution in [2.45, 2.75) is 39.2 Å². The largest absolute Gasteiger partial charge is 0.496 e. The third-order valence-electron chi connectivity index (χ3n) is 2.80. The smallest absolute Gasteiger partial charge is 0.122 e. The molecule has 0 aliphatic heterocycles. The van der Waals surface area contributed by atoms with Crippen LogP contribution < -0.4 is 15.2 Å². The first-order valence-electron chi connectivity index (χ1n) is 6.00. The Kier molecular flexibility index (Phi) is 4.82. The minimum atomic E-state index is 0.110. The molecule has 0 aliphatic rings. The normalized spacial score (nSPS) is 12.6. The molecule has 17 heavy (non-hydrogen) atoms. The highest BCUT2D eigenvalue weighted by molar-refractivity contribution is 5.48. The lowest BCUT2D eigenvalue weighted by atomic mass is 9.97. The number of benzene rings is 1. The molecule has 1 aromatic rings. The Morgan fingerprint density at radius 1 is 1.06 bits per heavy atom. The van der Waals surface area contributed by atoms with Crippen LogP contribution in [0.2, 0.25) is 0 Å². The van der Waals surface area contributed by atoms with Gasteiger partial charge in [0.15, 0.2) is 0 Å². The van der Waals surface area contributed by atoms with Gasteiger partial charge in [-0.2, -0.15) is 0 Å². The number of methoxy groups -OCH3 is 2. The lowest BCUT2D eigenvalue weighted by molar-refractivity contribution is 0.392. The maximum atomic E-state index is 5.84. The standard InChI is InChI=1S/C14H23NO2/c1-9(2)12-8-13(16-4)11(6-10(3)15)7-14(12)17-5/h7-10H,6,15H2,1-5H3. The van der Waals surface area contributed by atoms with Gasteiger partial charge in [0, 0.05) is 11.6 Å². The van der Waals surface area contributed by atoms with Crippen molar-refractivity contribution in [3.05, 3.63) is 23.3 Å². The van der Waals surface area contributed by atoms with E-state index in [0.29, 0.717) is 5.92 Å². The van der Waals surface area contributed by atoms with Gasteiger partial charge in [-0.05, 0) is 37.0 Å². The highest BCUT2D eigenvalue weighted by atomic mass is 16.5. The SMILES string of the molecule is COc1cc(C(C)C)c(OC)cc1CC(C)N. The predicted molar refractivity (Wildman–Crippen MR) is 71.0 cm³/mol. The van der Waals surface area contributed by atoms with Crippen molar-refractivity contribution < 1.29 is 9.47 Å². The summed E-state index contributed by atoms with van der Waals surface area (Å²) in [5, 5.41) is 0. The molecule has 0 amide bonds. The molecule has 0 aliphatic carbocycles. The molecule has 0 saturated heterocycles. The topological polar surface area (TPSA) is 44.5 Å². The van der Waals surface area contributed by atoms with Crippen molar-refractivity contribution in [1.29, 1.82) is 0 Å². The summed E-state index contributed by atoms with van der Waals surface area (Å²) in [6, 6.07) is 4.21. The van der Waals surface area contributed by atoms with Gasteiger partial charge in [0.25, 0.3) is 0 Å². The Morgan fingerprint density at radius 2 is 1.65 bits per heavy atom. The fraction of sp³-hybridized carbons (Fsp3) is 0.571. The number of ether oxygens (including phenoxy) is 2. The molecule has 0 saturated carbocycles. The van der Waals surface area contributed by atoms with Gasteiger partial charge in [-0.1, -0.05) is 13.8 Å². The summed E-state index contributed by atoms with van der Waals surface area (Å²) in [4.78, 5) is 0. The predicted octanol–water partition coefficient (Wildman–Crippen LogP) is 2.72. The van der Waals surface area contributed by atoms with E-state index < -0.39 is 0 Å². The molecule has 1 rings (SSSR count). The van der Waals surface area contributed by atoms with Crippen LogP contribution in [-0.2, 0) is 6.42 Å². The van der Waals surface area contributed by atoms with E-state index in [-0.39, 0.29) is 6.04 Å². The minimum absolute atomic E-state index is 0.110. The van der Waals surface area contributed by atoms with E-state index in [1.165, 1.54) is 0 Å². The van der Waals surface area contributed by atoms with Gasteiger partial charge in [-0.25, -0.2) is 0 Å². The molecule has 1 atom stereocenters. The van der Waals surface area contributed by atoms with Crippen molar-refractivity contribution in [2.75, 3.05) is 14.2 Å². The minimum Gasteiger partial charge on any atom is -0.496 e. The van der Waals surface area contributed by atoms with Crippen molar-refractivity contribution in [3.63, 3.8) is 0 Å². The van der Waals surface area contributed by atoms with E-state index in [1.807, 2.05) is 13.0 Å². The average Bonchev–Trinajstić information content (AvgIpc) is 2.27. The molecule has 2 N–H and O–H groups in total. The zero-order chi connectivity index (χ0) is 13.0. The molecule has 96 valence electrons. The second kappa shape index (κ2) is 5.92. The number of hydrogen-bond donors (Lipinski definition) is 1. The van der Waals surface area contributed by atoms with Gasteiger partial charge in [-0.15, -0.1) is 0 Å². The highest BCUT2D eigenvalue weighted by Gasteiger charge is 2.14. The van der Waals surface area contributed by atoms with Crippen LogP contribution in [-0.4, -0.2) is 20.3 Å². The summed E-state index contributed by atoms with van der Waals surface area (Å²) in [7, 11) is 3.39. The van der Waals surface area contributed by atoms with Crippen LogP contribution in [0.5, 0.6) is 11.5 Å². The van der Waals surface area contributed by atoms with Crippen LogP contribution in [0, 0.1) is 0 Å². The van der Waals surface area contributed by atoms with Gasteiger partial charge >= 0.3 is 0 Å². The van der Waals surface area contributed by atoms with Crippen LogP contribution in [0.1, 0.15) is 37.8 Å². The van der Waals surface area contributed by atoms with Gasteiger partial charge in [0.05, 0.1) is 14.2 Å². The second-order valence-corrected chi connectivity index (χ2v) is 4.74. The van der Waals surface area contributed by atoms with Crippen LogP contribution in [0.4, 0.5) is 0 Å². The lowest BCUT2D eigenvalue weighted by Gasteiger charge is -2.17. The third-order valence-corrected chi connectivity index (χ3v) is 2.80. The summed E-state index contributed by atoms with van der Waals surface area (Å²) in [5.74, 6) is 2.21. The van der Waals surface area contributed by atoms with Gasteiger partial charge < -0.3 is 15.2 Å². The molecule has 0 bridgehead atoms. The molecule has 0 aromatic heterocycles. The van der Waals surface area contributed by atoms with Crippen LogP contribution in [0.25, 0.3) is 0 Å². The Balaban J connectivity index is 3.22. The summed E-state index contributed by atoms with van der Waals surface area (Å²) in [6.07, 6.45) is 0.790. The van der Waals surface area contributed by atoms with Crippen LogP contribution >= 0.6 is 0 Å². The molecular formula is C14H23NO2. The molecule has 0 heterocycles. The first-order chi connectivity index (χ1) is 7.99. The van der Waals surface area contributed by atoms with E-state index in [9.17, 15) is 0 Å². The number of hydrogen-bond acceptors (Lipinski definition) is 3. The molecule has 1 aromatic carbocycles. The van der Waals surface area contributed by atoms with Crippen molar-refractivity contribution in [1.82, 2.24) is 0 Å². The average molecular weight is 237 g/mol. The summed E-state index contributed by atoms with van der Waals surface area (Å²) >= 11 is 0. The second-order valence-electron chi connectivity index (χ2n) is 4.74. The lowest BCUT2D eigenvalue weighted by Crippen LogP contribution is -2.18. The molecule has 3 heteroatoms. The Hall–Kier alpha value is -1.22. The quantitative estimate of drug-likeness (QED) is 0.856. The summed E-state index contributed by atoms with van der Waals surface area (Å²) < 4.78 is 10.9. The molecule has 1 unspecified atom stereocenters. The third kappa shape index (κ3) is 3.37. The molecule has 0 spiro atoms. The van der Waals surface area contributed by atoms with Crippen molar-refractivity contribution in [3.8, 4) is 11.5 Å². The van der Waals surface area contributed by atoms with E-state index in [4.69, 9.17) is 15.2 Å². The molecular weight excluding hydrogens is 214 g/mol. The molecule has 3 nitrogen and oxygen atoms in total. The monoisotopic (exact) mass is 237 g/mol. The fourth-order valence-electron chi connectivity index (χ4n) is 1.94. The Bertz CT molecular complexity index is 373. The van der Waals surface area contributed by atoms with Gasteiger partial charge in [0.1, 0.15) is 11.5 Å². The zero-order valence-corrected chi connectivity index (χ0v) is 11.4. The van der Waals surface area contributed by atoms with Gasteiger partial charge in [0.2, 0.25) is 0 Å². The Morgan fingerprint density at radius 3 is 2.06 bits per heavy atom. The fourth-order valence-corrected chi connectivity index (χ4v) is 1.94. The van der Waals surface area contributed by atoms with E-state index in [1.54, 1.807) is 14.2 Å². The Labute approximate surface area is 104 Å². The maximum absolute atomic E-state index is 5.84. The first-order valence-corrected chi connectivity index (χ1v) is 6.00. The highest BCUT2D eigenvalue weighted by Crippen LogP contribution is 2.33. The van der Waals surface area contributed by atoms with E-state index in [2.05, 4.69) is 19.9 Å². The first kappa shape index (κ1) is 13.8. The van der Waals surface area contributed by atoms with E-state index >= 15 is 0 Å². The van der Waals surface area contributed by atoms with Crippen molar-refractivity contribution >= 4 is 0 Å². The van der Waals surface area contributed by atoms with Crippen LogP contribution in [0.15, 0.2) is 12.1 Å². The maximum Gasteiger partial charge on any atom is 0.122 e. The van der Waals surface area contributed by atoms with Crippen molar-refractivity contribution in [2.24, 2.45) is 5.73 Å². The van der Waals surface area contributed by atoms with Crippen LogP contribution in [0.3, 0.4) is 0 Å². The molecule has 0 fully saturated rings. The summed E-state index contributed by atoms with van der Waals surface area (Å²) in [5.41, 5.74) is 8.11. The summed E-state index contributed by atoms with van der Waals surface area (Å²) in [6.45, 7) is 6.27.